The van der Waals surface area contributed by atoms with Crippen molar-refractivity contribution in [1.29, 1.82) is 0 Å². The van der Waals surface area contributed by atoms with Crippen LogP contribution in [0.25, 0.3) is 0 Å². The van der Waals surface area contributed by atoms with Gasteiger partial charge in [-0.15, -0.1) is 0 Å². The molecule has 0 aliphatic heterocycles. The first-order valence-corrected chi connectivity index (χ1v) is 8.56. The molecule has 0 saturated heterocycles. The average molecular weight is 385 g/mol. The van der Waals surface area contributed by atoms with Gasteiger partial charge in [-0.2, -0.15) is 5.10 Å². The second kappa shape index (κ2) is 8.46. The standard InChI is InChI=1S/C19H17ClN4O3/c1-27-19(26)14-2-3-16(20)15(12-14)18(25)22-17-7-11-24(23-17)10-6-13-4-8-21-9-5-13/h2-5,7-9,11-12H,6,10H2,1H3,(H,22,23,25). The molecule has 8 heteroatoms. The van der Waals surface area contributed by atoms with E-state index in [9.17, 15) is 9.59 Å². The molecule has 0 aliphatic carbocycles. The molecule has 2 aromatic heterocycles. The van der Waals surface area contributed by atoms with Crippen LogP contribution >= 0.6 is 11.6 Å². The van der Waals surface area contributed by atoms with Crippen molar-refractivity contribution in [2.75, 3.05) is 12.4 Å². The molecule has 3 aromatic rings. The van der Waals surface area contributed by atoms with Gasteiger partial charge in [0, 0.05) is 31.2 Å². The van der Waals surface area contributed by atoms with Crippen LogP contribution in [0.3, 0.4) is 0 Å². The quantitative estimate of drug-likeness (QED) is 0.659. The van der Waals surface area contributed by atoms with Gasteiger partial charge in [0.1, 0.15) is 0 Å². The summed E-state index contributed by atoms with van der Waals surface area (Å²) in [7, 11) is 1.27. The van der Waals surface area contributed by atoms with Gasteiger partial charge in [0.25, 0.3) is 5.91 Å². The van der Waals surface area contributed by atoms with Crippen LogP contribution in [0.2, 0.25) is 5.02 Å². The van der Waals surface area contributed by atoms with Crippen LogP contribution in [0.5, 0.6) is 0 Å². The van der Waals surface area contributed by atoms with E-state index in [0.29, 0.717) is 12.4 Å². The fourth-order valence-corrected chi connectivity index (χ4v) is 2.68. The number of aryl methyl sites for hydroxylation is 2. The van der Waals surface area contributed by atoms with Gasteiger partial charge < -0.3 is 10.1 Å². The molecule has 0 bridgehead atoms. The lowest BCUT2D eigenvalue weighted by Crippen LogP contribution is -2.14. The zero-order valence-corrected chi connectivity index (χ0v) is 15.3. The van der Waals surface area contributed by atoms with Crippen molar-refractivity contribution in [3.63, 3.8) is 0 Å². The number of aromatic nitrogens is 3. The molecule has 0 saturated carbocycles. The Balaban J connectivity index is 1.66. The summed E-state index contributed by atoms with van der Waals surface area (Å²) in [6.07, 6.45) is 6.07. The summed E-state index contributed by atoms with van der Waals surface area (Å²) in [5.74, 6) is -0.597. The minimum atomic E-state index is -0.541. The zero-order valence-electron chi connectivity index (χ0n) is 14.6. The van der Waals surface area contributed by atoms with Crippen LogP contribution in [0.4, 0.5) is 5.82 Å². The Morgan fingerprint density at radius 2 is 1.96 bits per heavy atom. The van der Waals surface area contributed by atoms with Crippen molar-refractivity contribution in [2.45, 2.75) is 13.0 Å². The van der Waals surface area contributed by atoms with Gasteiger partial charge in [-0.1, -0.05) is 11.6 Å². The summed E-state index contributed by atoms with van der Waals surface area (Å²) in [4.78, 5) is 28.1. The highest BCUT2D eigenvalue weighted by atomic mass is 35.5. The topological polar surface area (TPSA) is 86.1 Å². The number of carbonyl (C=O) groups is 2. The van der Waals surface area contributed by atoms with E-state index in [-0.39, 0.29) is 16.1 Å². The maximum Gasteiger partial charge on any atom is 0.337 e. The highest BCUT2D eigenvalue weighted by Crippen LogP contribution is 2.19. The number of hydrogen-bond acceptors (Lipinski definition) is 5. The lowest BCUT2D eigenvalue weighted by Gasteiger charge is -2.07. The number of hydrogen-bond donors (Lipinski definition) is 1. The van der Waals surface area contributed by atoms with E-state index in [0.717, 1.165) is 12.0 Å². The molecule has 0 unspecified atom stereocenters. The number of halogens is 1. The SMILES string of the molecule is COC(=O)c1ccc(Cl)c(C(=O)Nc2ccn(CCc3ccncc3)n2)c1. The monoisotopic (exact) mass is 384 g/mol. The van der Waals surface area contributed by atoms with Crippen LogP contribution in [-0.2, 0) is 17.7 Å². The molecule has 0 fully saturated rings. The molecule has 0 aliphatic rings. The summed E-state index contributed by atoms with van der Waals surface area (Å²) in [6.45, 7) is 0.665. The molecule has 3 rings (SSSR count). The molecule has 1 aromatic carbocycles. The number of nitrogens with zero attached hydrogens (tertiary/aromatic N) is 3. The molecule has 138 valence electrons. The molecular weight excluding hydrogens is 368 g/mol. The first kappa shape index (κ1) is 18.6. The van der Waals surface area contributed by atoms with Crippen LogP contribution in [0, 0.1) is 0 Å². The molecule has 2 heterocycles. The Bertz CT molecular complexity index is 957. The van der Waals surface area contributed by atoms with E-state index in [2.05, 4.69) is 20.1 Å². The third-order valence-corrected chi connectivity index (χ3v) is 4.22. The van der Waals surface area contributed by atoms with E-state index in [4.69, 9.17) is 11.6 Å². The maximum atomic E-state index is 12.5. The normalized spacial score (nSPS) is 10.4. The van der Waals surface area contributed by atoms with Gasteiger partial charge in [-0.05, 0) is 42.3 Å². The Morgan fingerprint density at radius 1 is 1.19 bits per heavy atom. The summed E-state index contributed by atoms with van der Waals surface area (Å²) in [5, 5.41) is 7.25. The Kier molecular flexibility index (Phi) is 5.83. The first-order chi connectivity index (χ1) is 13.1. The molecule has 0 spiro atoms. The molecule has 7 nitrogen and oxygen atoms in total. The van der Waals surface area contributed by atoms with Gasteiger partial charge >= 0.3 is 5.97 Å². The first-order valence-electron chi connectivity index (χ1n) is 8.18. The van der Waals surface area contributed by atoms with Crippen molar-refractivity contribution >= 4 is 29.3 Å². The van der Waals surface area contributed by atoms with Crippen LogP contribution in [-0.4, -0.2) is 33.8 Å². The molecule has 27 heavy (non-hydrogen) atoms. The predicted octanol–water partition coefficient (Wildman–Crippen LogP) is 3.21. The zero-order chi connectivity index (χ0) is 19.2. The van der Waals surface area contributed by atoms with Crippen molar-refractivity contribution in [1.82, 2.24) is 14.8 Å². The molecule has 1 amide bonds. The minimum Gasteiger partial charge on any atom is -0.465 e. The van der Waals surface area contributed by atoms with Crippen molar-refractivity contribution in [3.05, 3.63) is 76.7 Å². The smallest absolute Gasteiger partial charge is 0.337 e. The molecule has 0 radical (unpaired) electrons. The van der Waals surface area contributed by atoms with Gasteiger partial charge in [0.2, 0.25) is 0 Å². The summed E-state index contributed by atoms with van der Waals surface area (Å²) < 4.78 is 6.40. The van der Waals surface area contributed by atoms with Gasteiger partial charge in [-0.25, -0.2) is 4.79 Å². The predicted molar refractivity (Wildman–Crippen MR) is 101 cm³/mol. The van der Waals surface area contributed by atoms with Crippen molar-refractivity contribution in [3.8, 4) is 0 Å². The largest absolute Gasteiger partial charge is 0.465 e. The van der Waals surface area contributed by atoms with Gasteiger partial charge in [0.15, 0.2) is 5.82 Å². The molecular formula is C19H17ClN4O3. The van der Waals surface area contributed by atoms with Gasteiger partial charge in [-0.3, -0.25) is 14.5 Å². The second-order valence-corrected chi connectivity index (χ2v) is 6.12. The molecule has 1 N–H and O–H groups in total. The second-order valence-electron chi connectivity index (χ2n) is 5.71. The highest BCUT2D eigenvalue weighted by Gasteiger charge is 2.15. The highest BCUT2D eigenvalue weighted by molar-refractivity contribution is 6.34. The average Bonchev–Trinajstić information content (AvgIpc) is 3.14. The lowest BCUT2D eigenvalue weighted by atomic mass is 10.1. The number of amides is 1. The molecule has 0 atom stereocenters. The summed E-state index contributed by atoms with van der Waals surface area (Å²) in [6, 6.07) is 9.96. The maximum absolute atomic E-state index is 12.5. The number of rotatable bonds is 6. The fourth-order valence-electron chi connectivity index (χ4n) is 2.47. The van der Waals surface area contributed by atoms with Crippen LogP contribution < -0.4 is 5.32 Å². The van der Waals surface area contributed by atoms with E-state index in [1.807, 2.05) is 12.1 Å². The van der Waals surface area contributed by atoms with Crippen LogP contribution in [0.15, 0.2) is 55.0 Å². The number of methoxy groups -OCH3 is 1. The van der Waals surface area contributed by atoms with E-state index in [1.165, 1.54) is 25.3 Å². The third kappa shape index (κ3) is 4.71. The van der Waals surface area contributed by atoms with E-state index < -0.39 is 11.9 Å². The lowest BCUT2D eigenvalue weighted by molar-refractivity contribution is 0.0600. The number of esters is 1. The number of nitrogens with one attached hydrogen (secondary N) is 1. The Hall–Kier alpha value is -3.19. The van der Waals surface area contributed by atoms with E-state index >= 15 is 0 Å². The van der Waals surface area contributed by atoms with Crippen LogP contribution in [0.1, 0.15) is 26.3 Å². The summed E-state index contributed by atoms with van der Waals surface area (Å²) in [5.41, 5.74) is 1.57. The third-order valence-electron chi connectivity index (χ3n) is 3.89. The fraction of sp³-hybridized carbons (Fsp3) is 0.158. The minimum absolute atomic E-state index is 0.172. The number of carbonyl (C=O) groups excluding carboxylic acids is 2. The van der Waals surface area contributed by atoms with Crippen molar-refractivity contribution < 1.29 is 14.3 Å². The van der Waals surface area contributed by atoms with Gasteiger partial charge in [0.05, 0.1) is 23.3 Å². The summed E-state index contributed by atoms with van der Waals surface area (Å²) >= 11 is 6.08. The Morgan fingerprint density at radius 3 is 2.70 bits per heavy atom. The van der Waals surface area contributed by atoms with E-state index in [1.54, 1.807) is 29.3 Å². The number of anilines is 1. The number of benzene rings is 1. The number of pyridine rings is 1. The van der Waals surface area contributed by atoms with Crippen molar-refractivity contribution in [2.24, 2.45) is 0 Å². The Labute approximate surface area is 160 Å². The number of ether oxygens (including phenoxy) is 1.